The van der Waals surface area contributed by atoms with Gasteiger partial charge in [-0.25, -0.2) is 4.39 Å². The minimum absolute atomic E-state index is 0.128. The van der Waals surface area contributed by atoms with Crippen molar-refractivity contribution in [2.24, 2.45) is 5.73 Å². The summed E-state index contributed by atoms with van der Waals surface area (Å²) in [6, 6.07) is 12.2. The van der Waals surface area contributed by atoms with Crippen LogP contribution >= 0.6 is 11.6 Å². The summed E-state index contributed by atoms with van der Waals surface area (Å²) >= 11 is 5.95. The molecule has 2 aromatic carbocycles. The first-order chi connectivity index (χ1) is 8.72. The molecule has 0 aliphatic heterocycles. The van der Waals surface area contributed by atoms with Gasteiger partial charge < -0.3 is 10.5 Å². The molecule has 94 valence electrons. The molecular weight excluding hydrogens is 253 g/mol. The fourth-order valence-corrected chi connectivity index (χ4v) is 1.81. The van der Waals surface area contributed by atoms with Gasteiger partial charge in [0, 0.05) is 17.7 Å². The minimum atomic E-state index is -0.313. The maximum absolute atomic E-state index is 13.9. The predicted octanol–water partition coefficient (Wildman–Crippen LogP) is 3.52. The predicted molar refractivity (Wildman–Crippen MR) is 70.1 cm³/mol. The summed E-state index contributed by atoms with van der Waals surface area (Å²) < 4.78 is 19.4. The van der Waals surface area contributed by atoms with E-state index in [2.05, 4.69) is 0 Å². The van der Waals surface area contributed by atoms with E-state index < -0.39 is 0 Å². The van der Waals surface area contributed by atoms with Crippen LogP contribution in [0.25, 0.3) is 0 Å². The maximum Gasteiger partial charge on any atom is 0.138 e. The van der Waals surface area contributed by atoms with Crippen LogP contribution in [0, 0.1) is 5.82 Å². The lowest BCUT2D eigenvalue weighted by Gasteiger charge is -2.10. The number of nitrogens with two attached hydrogens (primary N) is 1. The Kier molecular flexibility index (Phi) is 4.18. The second kappa shape index (κ2) is 5.85. The lowest BCUT2D eigenvalue weighted by atomic mass is 10.1. The van der Waals surface area contributed by atoms with Gasteiger partial charge >= 0.3 is 0 Å². The Labute approximate surface area is 110 Å². The lowest BCUT2D eigenvalue weighted by molar-refractivity contribution is 0.299. The van der Waals surface area contributed by atoms with Crippen molar-refractivity contribution in [3.63, 3.8) is 0 Å². The van der Waals surface area contributed by atoms with E-state index in [4.69, 9.17) is 22.1 Å². The Morgan fingerprint density at radius 3 is 2.50 bits per heavy atom. The molecule has 0 aliphatic rings. The largest absolute Gasteiger partial charge is 0.487 e. The molecule has 0 aromatic heterocycles. The Balaban J connectivity index is 2.14. The zero-order valence-electron chi connectivity index (χ0n) is 9.70. The summed E-state index contributed by atoms with van der Waals surface area (Å²) in [6.07, 6.45) is 0. The van der Waals surface area contributed by atoms with Crippen LogP contribution in [0.3, 0.4) is 0 Å². The smallest absolute Gasteiger partial charge is 0.138 e. The van der Waals surface area contributed by atoms with Crippen LogP contribution in [-0.2, 0) is 13.2 Å². The number of hydrogen-bond acceptors (Lipinski definition) is 2. The van der Waals surface area contributed by atoms with Crippen LogP contribution in [0.1, 0.15) is 11.1 Å². The fraction of sp³-hybridized carbons (Fsp3) is 0.143. The Morgan fingerprint density at radius 2 is 1.78 bits per heavy atom. The summed E-state index contributed by atoms with van der Waals surface area (Å²) in [6.45, 7) is 0.301. The minimum Gasteiger partial charge on any atom is -0.487 e. The number of para-hydroxylation sites is 1. The van der Waals surface area contributed by atoms with Gasteiger partial charge in [-0.2, -0.15) is 0 Å². The second-order valence-electron chi connectivity index (χ2n) is 3.81. The van der Waals surface area contributed by atoms with Crippen LogP contribution in [-0.4, -0.2) is 0 Å². The number of ether oxygens (including phenoxy) is 1. The van der Waals surface area contributed by atoms with E-state index in [9.17, 15) is 4.39 Å². The summed E-state index contributed by atoms with van der Waals surface area (Å²) in [5.41, 5.74) is 6.40. The van der Waals surface area contributed by atoms with E-state index in [-0.39, 0.29) is 19.0 Å². The van der Waals surface area contributed by atoms with Gasteiger partial charge in [0.05, 0.1) is 5.02 Å². The monoisotopic (exact) mass is 265 g/mol. The number of halogens is 2. The first kappa shape index (κ1) is 12.9. The van der Waals surface area contributed by atoms with Crippen molar-refractivity contribution in [2.45, 2.75) is 13.2 Å². The molecule has 2 N–H and O–H groups in total. The molecule has 0 saturated carbocycles. The van der Waals surface area contributed by atoms with Gasteiger partial charge in [-0.1, -0.05) is 41.9 Å². The van der Waals surface area contributed by atoms with E-state index in [1.165, 1.54) is 0 Å². The molecule has 2 aromatic rings. The van der Waals surface area contributed by atoms with Crippen LogP contribution in [0.2, 0.25) is 5.02 Å². The van der Waals surface area contributed by atoms with Gasteiger partial charge in [0.2, 0.25) is 0 Å². The zero-order valence-corrected chi connectivity index (χ0v) is 10.5. The van der Waals surface area contributed by atoms with Crippen molar-refractivity contribution in [1.82, 2.24) is 0 Å². The average Bonchev–Trinajstić information content (AvgIpc) is 2.39. The number of benzene rings is 2. The Bertz CT molecular complexity index is 545. The summed E-state index contributed by atoms with van der Waals surface area (Å²) in [5.74, 6) is 0.226. The topological polar surface area (TPSA) is 35.2 Å². The molecule has 2 rings (SSSR count). The average molecular weight is 266 g/mol. The molecule has 18 heavy (non-hydrogen) atoms. The van der Waals surface area contributed by atoms with E-state index in [1.807, 2.05) is 12.1 Å². The number of hydrogen-bond donors (Lipinski definition) is 1. The third kappa shape index (κ3) is 2.81. The van der Waals surface area contributed by atoms with Crippen molar-refractivity contribution in [1.29, 1.82) is 0 Å². The molecule has 0 atom stereocenters. The summed E-state index contributed by atoms with van der Waals surface area (Å²) in [5, 5.41) is 0.507. The second-order valence-corrected chi connectivity index (χ2v) is 4.22. The van der Waals surface area contributed by atoms with E-state index in [0.29, 0.717) is 21.9 Å². The third-order valence-corrected chi connectivity index (χ3v) is 2.91. The standard InChI is InChI=1S/C14H13ClFNO/c15-12-6-1-2-7-13(12)18-9-11-5-3-4-10(8-17)14(11)16/h1-7H,8-9,17H2. The molecular formula is C14H13ClFNO. The molecule has 0 saturated heterocycles. The van der Waals surface area contributed by atoms with Crippen molar-refractivity contribution in [3.05, 3.63) is 64.4 Å². The van der Waals surface area contributed by atoms with Gasteiger partial charge in [0.25, 0.3) is 0 Å². The molecule has 0 bridgehead atoms. The van der Waals surface area contributed by atoms with E-state index >= 15 is 0 Å². The molecule has 0 unspecified atom stereocenters. The highest BCUT2D eigenvalue weighted by atomic mass is 35.5. The molecule has 0 spiro atoms. The van der Waals surface area contributed by atoms with Crippen LogP contribution in [0.4, 0.5) is 4.39 Å². The van der Waals surface area contributed by atoms with Crippen molar-refractivity contribution >= 4 is 11.6 Å². The van der Waals surface area contributed by atoms with Crippen LogP contribution in [0.15, 0.2) is 42.5 Å². The molecule has 0 fully saturated rings. The molecule has 0 radical (unpaired) electrons. The Hall–Kier alpha value is -1.58. The Morgan fingerprint density at radius 1 is 1.06 bits per heavy atom. The molecule has 0 heterocycles. The van der Waals surface area contributed by atoms with E-state index in [1.54, 1.807) is 30.3 Å². The first-order valence-electron chi connectivity index (χ1n) is 5.56. The van der Waals surface area contributed by atoms with Gasteiger partial charge in [0.1, 0.15) is 18.2 Å². The molecule has 4 heteroatoms. The lowest BCUT2D eigenvalue weighted by Crippen LogP contribution is -2.05. The first-order valence-corrected chi connectivity index (χ1v) is 5.94. The van der Waals surface area contributed by atoms with Crippen LogP contribution in [0.5, 0.6) is 5.75 Å². The normalized spacial score (nSPS) is 10.4. The fourth-order valence-electron chi connectivity index (χ4n) is 1.62. The van der Waals surface area contributed by atoms with Crippen molar-refractivity contribution < 1.29 is 9.13 Å². The molecule has 0 aliphatic carbocycles. The summed E-state index contributed by atoms with van der Waals surface area (Å²) in [4.78, 5) is 0. The van der Waals surface area contributed by atoms with Crippen molar-refractivity contribution in [2.75, 3.05) is 0 Å². The molecule has 2 nitrogen and oxygen atoms in total. The zero-order chi connectivity index (χ0) is 13.0. The van der Waals surface area contributed by atoms with Gasteiger partial charge in [0.15, 0.2) is 0 Å². The van der Waals surface area contributed by atoms with Crippen LogP contribution < -0.4 is 10.5 Å². The quantitative estimate of drug-likeness (QED) is 0.918. The van der Waals surface area contributed by atoms with Gasteiger partial charge in [-0.3, -0.25) is 0 Å². The third-order valence-electron chi connectivity index (χ3n) is 2.60. The van der Waals surface area contributed by atoms with Gasteiger partial charge in [-0.05, 0) is 12.1 Å². The summed E-state index contributed by atoms with van der Waals surface area (Å²) in [7, 11) is 0. The van der Waals surface area contributed by atoms with Gasteiger partial charge in [-0.15, -0.1) is 0 Å². The van der Waals surface area contributed by atoms with Crippen molar-refractivity contribution in [3.8, 4) is 5.75 Å². The maximum atomic E-state index is 13.9. The SMILES string of the molecule is NCc1cccc(COc2ccccc2Cl)c1F. The highest BCUT2D eigenvalue weighted by Crippen LogP contribution is 2.24. The number of rotatable bonds is 4. The molecule has 0 amide bonds. The highest BCUT2D eigenvalue weighted by molar-refractivity contribution is 6.32. The highest BCUT2D eigenvalue weighted by Gasteiger charge is 2.08. The van der Waals surface area contributed by atoms with E-state index in [0.717, 1.165) is 0 Å².